The number of rotatable bonds is 5. The van der Waals surface area contributed by atoms with Crippen LogP contribution in [0.5, 0.6) is 0 Å². The molecular weight excluding hydrogens is 412 g/mol. The SMILES string of the molecule is O=C(Nc1cnccc1N[C@H]1CCNC1)c1ccc(F)c(-c2c(F)cccc2F)c1F. The maximum Gasteiger partial charge on any atom is 0.258 e. The lowest BCUT2D eigenvalue weighted by molar-refractivity contribution is 0.102. The molecule has 0 bridgehead atoms. The molecule has 3 aromatic rings. The molecule has 1 aliphatic rings. The lowest BCUT2D eigenvalue weighted by Crippen LogP contribution is -2.23. The first-order valence-electron chi connectivity index (χ1n) is 9.60. The van der Waals surface area contributed by atoms with E-state index in [9.17, 15) is 18.0 Å². The van der Waals surface area contributed by atoms with E-state index in [1.165, 1.54) is 12.4 Å². The number of nitrogens with zero attached hydrogens (tertiary/aromatic N) is 1. The second-order valence-electron chi connectivity index (χ2n) is 7.09. The van der Waals surface area contributed by atoms with Crippen LogP contribution in [0.1, 0.15) is 16.8 Å². The van der Waals surface area contributed by atoms with Crippen molar-refractivity contribution in [2.24, 2.45) is 0 Å². The zero-order chi connectivity index (χ0) is 22.0. The standard InChI is InChI=1S/C22H18F4N4O/c23-14-2-1-3-15(24)19(14)20-16(25)5-4-13(21(20)26)22(31)30-18-11-28-9-7-17(18)29-12-6-8-27-10-12/h1-5,7,9,11-12,27H,6,8,10H2,(H,28,29)(H,30,31)/t12-/m0/s1. The Morgan fingerprint density at radius 1 is 0.968 bits per heavy atom. The highest BCUT2D eigenvalue weighted by molar-refractivity contribution is 6.06. The molecule has 0 unspecified atom stereocenters. The summed E-state index contributed by atoms with van der Waals surface area (Å²) in [5.74, 6) is -5.73. The van der Waals surface area contributed by atoms with Gasteiger partial charge in [-0.15, -0.1) is 0 Å². The summed E-state index contributed by atoms with van der Waals surface area (Å²) < 4.78 is 57.7. The summed E-state index contributed by atoms with van der Waals surface area (Å²) in [6.07, 6.45) is 3.82. The normalized spacial score (nSPS) is 15.7. The fourth-order valence-corrected chi connectivity index (χ4v) is 3.50. The molecule has 1 aliphatic heterocycles. The van der Waals surface area contributed by atoms with Gasteiger partial charge in [-0.1, -0.05) is 6.07 Å². The number of carbonyl (C=O) groups excluding carboxylic acids is 1. The van der Waals surface area contributed by atoms with E-state index in [0.29, 0.717) is 11.4 Å². The van der Waals surface area contributed by atoms with Crippen LogP contribution < -0.4 is 16.0 Å². The van der Waals surface area contributed by atoms with Crippen LogP contribution in [0.25, 0.3) is 11.1 Å². The van der Waals surface area contributed by atoms with E-state index >= 15 is 4.39 Å². The van der Waals surface area contributed by atoms with Crippen molar-refractivity contribution in [2.45, 2.75) is 12.5 Å². The van der Waals surface area contributed by atoms with Gasteiger partial charge in [0.15, 0.2) is 0 Å². The highest BCUT2D eigenvalue weighted by atomic mass is 19.1. The number of carbonyl (C=O) groups is 1. The summed E-state index contributed by atoms with van der Waals surface area (Å²) in [6, 6.07) is 6.38. The van der Waals surface area contributed by atoms with E-state index in [4.69, 9.17) is 0 Å². The first-order chi connectivity index (χ1) is 15.0. The third-order valence-corrected chi connectivity index (χ3v) is 5.04. The quantitative estimate of drug-likeness (QED) is 0.527. The number of nitrogens with one attached hydrogen (secondary N) is 3. The molecule has 2 heterocycles. The molecule has 0 radical (unpaired) electrons. The molecule has 0 aliphatic carbocycles. The van der Waals surface area contributed by atoms with Crippen molar-refractivity contribution in [2.75, 3.05) is 23.7 Å². The molecule has 9 heteroatoms. The molecule has 5 nitrogen and oxygen atoms in total. The summed E-state index contributed by atoms with van der Waals surface area (Å²) in [5, 5.41) is 9.02. The van der Waals surface area contributed by atoms with Gasteiger partial charge in [-0.25, -0.2) is 17.6 Å². The van der Waals surface area contributed by atoms with Crippen molar-refractivity contribution in [3.05, 3.63) is 77.6 Å². The van der Waals surface area contributed by atoms with Gasteiger partial charge < -0.3 is 16.0 Å². The number of pyridine rings is 1. The van der Waals surface area contributed by atoms with Crippen LogP contribution in [-0.2, 0) is 0 Å². The van der Waals surface area contributed by atoms with Gasteiger partial charge in [-0.3, -0.25) is 9.78 Å². The monoisotopic (exact) mass is 430 g/mol. The Morgan fingerprint density at radius 2 is 1.71 bits per heavy atom. The Balaban J connectivity index is 1.66. The third kappa shape index (κ3) is 4.22. The molecule has 4 rings (SSSR count). The molecule has 0 spiro atoms. The van der Waals surface area contributed by atoms with Crippen molar-refractivity contribution in [3.8, 4) is 11.1 Å². The highest BCUT2D eigenvalue weighted by Gasteiger charge is 2.25. The molecule has 1 amide bonds. The molecule has 2 aromatic carbocycles. The summed E-state index contributed by atoms with van der Waals surface area (Å²) in [5.41, 5.74) is -1.49. The Labute approximate surface area is 175 Å². The van der Waals surface area contributed by atoms with Crippen LogP contribution in [0.4, 0.5) is 28.9 Å². The Hall–Kier alpha value is -3.46. The van der Waals surface area contributed by atoms with Gasteiger partial charge in [-0.2, -0.15) is 0 Å². The molecule has 1 fully saturated rings. The fraction of sp³-hybridized carbons (Fsp3) is 0.182. The zero-order valence-electron chi connectivity index (χ0n) is 16.2. The lowest BCUT2D eigenvalue weighted by atomic mass is 9.99. The number of aromatic nitrogens is 1. The van der Waals surface area contributed by atoms with Gasteiger partial charge in [0.1, 0.15) is 23.3 Å². The van der Waals surface area contributed by atoms with Crippen LogP contribution in [0.3, 0.4) is 0 Å². The fourth-order valence-electron chi connectivity index (χ4n) is 3.50. The minimum atomic E-state index is -1.36. The Bertz CT molecular complexity index is 1110. The van der Waals surface area contributed by atoms with Crippen LogP contribution in [-0.4, -0.2) is 30.0 Å². The topological polar surface area (TPSA) is 66.0 Å². The number of halogens is 4. The predicted octanol–water partition coefficient (Wildman–Crippen LogP) is 4.33. The minimum absolute atomic E-state index is 0.149. The lowest BCUT2D eigenvalue weighted by Gasteiger charge is -2.17. The maximum atomic E-state index is 15.1. The molecule has 3 N–H and O–H groups in total. The number of hydrogen-bond acceptors (Lipinski definition) is 4. The van der Waals surface area contributed by atoms with Crippen LogP contribution in [0, 0.1) is 23.3 Å². The van der Waals surface area contributed by atoms with Crippen LogP contribution in [0.15, 0.2) is 48.8 Å². The van der Waals surface area contributed by atoms with Gasteiger partial charge in [0.05, 0.1) is 34.3 Å². The van der Waals surface area contributed by atoms with Crippen molar-refractivity contribution in [1.29, 1.82) is 0 Å². The molecular formula is C22H18F4N4O. The van der Waals surface area contributed by atoms with E-state index in [0.717, 1.165) is 49.8 Å². The second-order valence-corrected chi connectivity index (χ2v) is 7.09. The van der Waals surface area contributed by atoms with Crippen molar-refractivity contribution in [3.63, 3.8) is 0 Å². The molecule has 1 aromatic heterocycles. The second kappa shape index (κ2) is 8.73. The number of anilines is 2. The zero-order valence-corrected chi connectivity index (χ0v) is 16.2. The van der Waals surface area contributed by atoms with E-state index in [-0.39, 0.29) is 6.04 Å². The first kappa shape index (κ1) is 20.8. The summed E-state index contributed by atoms with van der Waals surface area (Å²) in [4.78, 5) is 16.7. The molecule has 31 heavy (non-hydrogen) atoms. The smallest absolute Gasteiger partial charge is 0.258 e. The maximum absolute atomic E-state index is 15.1. The van der Waals surface area contributed by atoms with E-state index in [1.54, 1.807) is 6.07 Å². The molecule has 0 saturated carbocycles. The molecule has 1 saturated heterocycles. The largest absolute Gasteiger partial charge is 0.379 e. The van der Waals surface area contributed by atoms with E-state index in [2.05, 4.69) is 20.9 Å². The Morgan fingerprint density at radius 3 is 2.42 bits per heavy atom. The number of hydrogen-bond donors (Lipinski definition) is 3. The average molecular weight is 430 g/mol. The van der Waals surface area contributed by atoms with Crippen molar-refractivity contribution in [1.82, 2.24) is 10.3 Å². The van der Waals surface area contributed by atoms with E-state index in [1.807, 2.05) is 0 Å². The first-order valence-corrected chi connectivity index (χ1v) is 9.60. The Kier molecular flexibility index (Phi) is 5.85. The number of benzene rings is 2. The minimum Gasteiger partial charge on any atom is -0.379 e. The third-order valence-electron chi connectivity index (χ3n) is 5.04. The predicted molar refractivity (Wildman–Crippen MR) is 109 cm³/mol. The average Bonchev–Trinajstić information content (AvgIpc) is 3.24. The van der Waals surface area contributed by atoms with Gasteiger partial charge in [0, 0.05) is 18.8 Å². The molecule has 1 atom stereocenters. The highest BCUT2D eigenvalue weighted by Crippen LogP contribution is 2.33. The summed E-state index contributed by atoms with van der Waals surface area (Å²) >= 11 is 0. The van der Waals surface area contributed by atoms with Crippen LogP contribution in [0.2, 0.25) is 0 Å². The van der Waals surface area contributed by atoms with Crippen molar-refractivity contribution < 1.29 is 22.4 Å². The van der Waals surface area contributed by atoms with Gasteiger partial charge in [-0.05, 0) is 43.3 Å². The van der Waals surface area contributed by atoms with E-state index < -0.39 is 45.9 Å². The number of amides is 1. The van der Waals surface area contributed by atoms with Gasteiger partial charge in [0.2, 0.25) is 0 Å². The summed E-state index contributed by atoms with van der Waals surface area (Å²) in [7, 11) is 0. The van der Waals surface area contributed by atoms with Crippen molar-refractivity contribution >= 4 is 17.3 Å². The summed E-state index contributed by atoms with van der Waals surface area (Å²) in [6.45, 7) is 1.61. The molecule has 160 valence electrons. The van der Waals surface area contributed by atoms with Crippen LogP contribution >= 0.6 is 0 Å². The van der Waals surface area contributed by atoms with Gasteiger partial charge >= 0.3 is 0 Å². The van der Waals surface area contributed by atoms with Gasteiger partial charge in [0.25, 0.3) is 5.91 Å².